The van der Waals surface area contributed by atoms with Crippen LogP contribution in [0.3, 0.4) is 0 Å². The molecule has 0 aliphatic carbocycles. The largest absolute Gasteiger partial charge is 0.482 e. The van der Waals surface area contributed by atoms with E-state index in [1.807, 2.05) is 41.3 Å². The fraction of sp³-hybridized carbons (Fsp3) is 0.273. The Balaban J connectivity index is 1.31. The molecule has 0 unspecified atom stereocenters. The van der Waals surface area contributed by atoms with Crippen LogP contribution >= 0.6 is 15.9 Å². The number of anilines is 1. The van der Waals surface area contributed by atoms with Crippen LogP contribution in [0, 0.1) is 0 Å². The van der Waals surface area contributed by atoms with Crippen molar-refractivity contribution in [1.82, 2.24) is 9.88 Å². The Morgan fingerprint density at radius 3 is 2.93 bits per heavy atom. The monoisotopic (exact) mass is 453 g/mol. The molecule has 5 rings (SSSR count). The number of aromatic amines is 1. The first-order chi connectivity index (χ1) is 14.1. The lowest BCUT2D eigenvalue weighted by atomic mass is 10.0. The Labute approximate surface area is 176 Å². The minimum Gasteiger partial charge on any atom is -0.482 e. The lowest BCUT2D eigenvalue weighted by Crippen LogP contribution is -2.42. The van der Waals surface area contributed by atoms with Gasteiger partial charge in [-0.1, -0.05) is 24.3 Å². The highest BCUT2D eigenvalue weighted by Gasteiger charge is 2.28. The molecule has 2 aromatic carbocycles. The van der Waals surface area contributed by atoms with E-state index in [1.165, 1.54) is 11.3 Å². The van der Waals surface area contributed by atoms with Gasteiger partial charge in [0, 0.05) is 53.6 Å². The summed E-state index contributed by atoms with van der Waals surface area (Å²) < 4.78 is 6.51. The second-order valence-corrected chi connectivity index (χ2v) is 8.22. The molecule has 0 spiro atoms. The number of para-hydroxylation sites is 3. The van der Waals surface area contributed by atoms with Crippen LogP contribution in [-0.2, 0) is 22.6 Å². The van der Waals surface area contributed by atoms with E-state index in [-0.39, 0.29) is 18.4 Å². The van der Waals surface area contributed by atoms with Crippen molar-refractivity contribution in [3.05, 3.63) is 58.2 Å². The summed E-state index contributed by atoms with van der Waals surface area (Å²) in [6.45, 7) is 1.66. The highest BCUT2D eigenvalue weighted by Crippen LogP contribution is 2.33. The number of carbonyl (C=O) groups is 2. The van der Waals surface area contributed by atoms with Gasteiger partial charge in [-0.3, -0.25) is 9.59 Å². The van der Waals surface area contributed by atoms with E-state index < -0.39 is 0 Å². The minimum absolute atomic E-state index is 0.0164. The second-order valence-electron chi connectivity index (χ2n) is 7.36. The van der Waals surface area contributed by atoms with Crippen LogP contribution in [0.15, 0.2) is 46.9 Å². The molecule has 2 amide bonds. The van der Waals surface area contributed by atoms with Gasteiger partial charge in [-0.25, -0.2) is 0 Å². The van der Waals surface area contributed by atoms with Gasteiger partial charge in [0.25, 0.3) is 5.91 Å². The minimum atomic E-state index is -0.112. The maximum Gasteiger partial charge on any atom is 0.265 e. The number of carbonyl (C=O) groups excluding carboxylic acids is 2. The summed E-state index contributed by atoms with van der Waals surface area (Å²) >= 11 is 3.60. The maximum absolute atomic E-state index is 12.9. The van der Waals surface area contributed by atoms with E-state index >= 15 is 0 Å². The van der Waals surface area contributed by atoms with E-state index in [0.717, 1.165) is 27.5 Å². The molecule has 148 valence electrons. The third-order valence-electron chi connectivity index (χ3n) is 5.67. The molecule has 1 aromatic heterocycles. The molecule has 0 saturated heterocycles. The molecule has 0 bridgehead atoms. The van der Waals surface area contributed by atoms with E-state index in [9.17, 15) is 9.59 Å². The number of hydrogen-bond donors (Lipinski definition) is 1. The number of fused-ring (bicyclic) bond motifs is 4. The molecule has 0 atom stereocenters. The number of nitrogens with zero attached hydrogens (tertiary/aromatic N) is 2. The average molecular weight is 454 g/mol. The number of benzene rings is 2. The van der Waals surface area contributed by atoms with Crippen LogP contribution in [0.4, 0.5) is 5.69 Å². The third-order valence-corrected chi connectivity index (χ3v) is 6.33. The van der Waals surface area contributed by atoms with Gasteiger partial charge in [0.2, 0.25) is 5.91 Å². The number of amides is 2. The molecule has 0 radical (unpaired) electrons. The Morgan fingerprint density at radius 1 is 1.17 bits per heavy atom. The summed E-state index contributed by atoms with van der Waals surface area (Å²) in [5, 5.41) is 1.16. The van der Waals surface area contributed by atoms with E-state index in [1.54, 1.807) is 4.90 Å². The summed E-state index contributed by atoms with van der Waals surface area (Å²) in [4.78, 5) is 32.3. The van der Waals surface area contributed by atoms with Gasteiger partial charge >= 0.3 is 0 Å². The number of ether oxygens (including phenoxy) is 1. The van der Waals surface area contributed by atoms with Gasteiger partial charge in [0.1, 0.15) is 5.75 Å². The lowest BCUT2D eigenvalue weighted by Gasteiger charge is -2.31. The summed E-state index contributed by atoms with van der Waals surface area (Å²) in [5.74, 6) is 0.641. The molecule has 3 aromatic rings. The summed E-state index contributed by atoms with van der Waals surface area (Å²) in [7, 11) is 0. The molecule has 7 heteroatoms. The molecular formula is C22H20BrN3O3. The zero-order valence-corrected chi connectivity index (χ0v) is 17.4. The van der Waals surface area contributed by atoms with Crippen LogP contribution in [0.2, 0.25) is 0 Å². The molecule has 0 fully saturated rings. The van der Waals surface area contributed by atoms with Crippen molar-refractivity contribution in [2.24, 2.45) is 0 Å². The molecular weight excluding hydrogens is 434 g/mol. The van der Waals surface area contributed by atoms with Gasteiger partial charge in [-0.05, 0) is 34.1 Å². The molecule has 2 aliphatic heterocycles. The predicted molar refractivity (Wildman–Crippen MR) is 114 cm³/mol. The van der Waals surface area contributed by atoms with Gasteiger partial charge in [0.15, 0.2) is 6.61 Å². The summed E-state index contributed by atoms with van der Waals surface area (Å²) in [5.41, 5.74) is 4.21. The fourth-order valence-corrected chi connectivity index (χ4v) is 4.65. The van der Waals surface area contributed by atoms with Crippen molar-refractivity contribution >= 4 is 44.3 Å². The van der Waals surface area contributed by atoms with Gasteiger partial charge in [-0.2, -0.15) is 0 Å². The first-order valence-corrected chi connectivity index (χ1v) is 10.5. The van der Waals surface area contributed by atoms with Crippen LogP contribution in [0.1, 0.15) is 17.7 Å². The first kappa shape index (κ1) is 18.2. The number of rotatable bonds is 3. The third kappa shape index (κ3) is 3.19. The Kier molecular flexibility index (Phi) is 4.54. The summed E-state index contributed by atoms with van der Waals surface area (Å²) in [6.07, 6.45) is 1.10. The van der Waals surface area contributed by atoms with Gasteiger partial charge in [0.05, 0.1) is 11.2 Å². The van der Waals surface area contributed by atoms with Crippen LogP contribution in [0.5, 0.6) is 5.75 Å². The highest BCUT2D eigenvalue weighted by atomic mass is 79.9. The number of aromatic nitrogens is 1. The van der Waals surface area contributed by atoms with Crippen molar-refractivity contribution in [2.75, 3.05) is 24.6 Å². The average Bonchev–Trinajstić information content (AvgIpc) is 3.12. The van der Waals surface area contributed by atoms with Crippen molar-refractivity contribution in [3.8, 4) is 5.75 Å². The fourth-order valence-electron chi connectivity index (χ4n) is 4.18. The first-order valence-electron chi connectivity index (χ1n) is 9.70. The number of halogens is 1. The van der Waals surface area contributed by atoms with Crippen molar-refractivity contribution in [1.29, 1.82) is 0 Å². The number of nitrogens with one attached hydrogen (secondary N) is 1. The van der Waals surface area contributed by atoms with Crippen LogP contribution in [-0.4, -0.2) is 41.4 Å². The van der Waals surface area contributed by atoms with Crippen molar-refractivity contribution in [2.45, 2.75) is 19.4 Å². The standard InChI is InChI=1S/C22H20BrN3O3/c23-16-5-3-4-14-15-12-25(10-8-17(15)24-22(14)16)20(27)9-11-26-18-6-1-2-7-19(18)29-13-21(26)28/h1-7,24H,8-13H2. The topological polar surface area (TPSA) is 65.6 Å². The Bertz CT molecular complexity index is 1120. The molecule has 2 aliphatic rings. The zero-order chi connectivity index (χ0) is 20.0. The zero-order valence-electron chi connectivity index (χ0n) is 15.8. The molecule has 0 saturated carbocycles. The second kappa shape index (κ2) is 7.22. The Hall–Kier alpha value is -2.80. The quantitative estimate of drug-likeness (QED) is 0.658. The Morgan fingerprint density at radius 2 is 2.03 bits per heavy atom. The maximum atomic E-state index is 12.9. The molecule has 3 heterocycles. The smallest absolute Gasteiger partial charge is 0.265 e. The summed E-state index contributed by atoms with van der Waals surface area (Å²) in [6, 6.07) is 13.6. The molecule has 6 nitrogen and oxygen atoms in total. The van der Waals surface area contributed by atoms with E-state index in [0.29, 0.717) is 31.8 Å². The molecule has 29 heavy (non-hydrogen) atoms. The normalized spacial score (nSPS) is 15.8. The molecule has 1 N–H and O–H groups in total. The number of H-pyrrole nitrogens is 1. The van der Waals surface area contributed by atoms with Crippen molar-refractivity contribution in [3.63, 3.8) is 0 Å². The highest BCUT2D eigenvalue weighted by molar-refractivity contribution is 9.10. The van der Waals surface area contributed by atoms with Crippen LogP contribution in [0.25, 0.3) is 10.9 Å². The van der Waals surface area contributed by atoms with Gasteiger partial charge < -0.3 is 19.5 Å². The lowest BCUT2D eigenvalue weighted by molar-refractivity contribution is -0.132. The van der Waals surface area contributed by atoms with Gasteiger partial charge in [-0.15, -0.1) is 0 Å². The SMILES string of the molecule is O=C(CCN1C(=O)COc2ccccc21)N1CCc2[nH]c3c(Br)cccc3c2C1. The van der Waals surface area contributed by atoms with E-state index in [4.69, 9.17) is 4.74 Å². The van der Waals surface area contributed by atoms with E-state index in [2.05, 4.69) is 27.0 Å². The number of hydrogen-bond acceptors (Lipinski definition) is 3. The van der Waals surface area contributed by atoms with Crippen molar-refractivity contribution < 1.29 is 14.3 Å². The van der Waals surface area contributed by atoms with Crippen LogP contribution < -0.4 is 9.64 Å². The predicted octanol–water partition coefficient (Wildman–Crippen LogP) is 3.63.